The molecular weight excluding hydrogens is 394 g/mol. The average molecular weight is 432 g/mol. The standard InChI is InChI=1S/C23H37N5O3/c1-2-24-23(25-10-6-15-30-18-20-9-16-31-19-20)26-17-22(29)28-13-11-27(12-14-28)21-7-4-3-5-8-21/h3-5,7-8,20H,2,6,9-19H2,1H3,(H2,24,25,26). The zero-order valence-corrected chi connectivity index (χ0v) is 18.7. The van der Waals surface area contributed by atoms with Gasteiger partial charge in [-0.1, -0.05) is 18.2 Å². The molecule has 0 bridgehead atoms. The number of ether oxygens (including phenoxy) is 2. The third-order valence-electron chi connectivity index (χ3n) is 5.61. The van der Waals surface area contributed by atoms with Gasteiger partial charge in [-0.3, -0.25) is 4.79 Å². The zero-order chi connectivity index (χ0) is 21.7. The van der Waals surface area contributed by atoms with Gasteiger partial charge >= 0.3 is 0 Å². The molecule has 0 spiro atoms. The van der Waals surface area contributed by atoms with Gasteiger partial charge in [0.05, 0.1) is 13.2 Å². The van der Waals surface area contributed by atoms with Crippen molar-refractivity contribution in [2.45, 2.75) is 19.8 Å². The lowest BCUT2D eigenvalue weighted by molar-refractivity contribution is -0.129. The zero-order valence-electron chi connectivity index (χ0n) is 18.7. The Balaban J connectivity index is 1.32. The van der Waals surface area contributed by atoms with Crippen molar-refractivity contribution in [1.29, 1.82) is 0 Å². The van der Waals surface area contributed by atoms with E-state index in [0.29, 0.717) is 18.5 Å². The molecule has 1 aromatic rings. The predicted molar refractivity (Wildman–Crippen MR) is 124 cm³/mol. The minimum absolute atomic E-state index is 0.0760. The predicted octanol–water partition coefficient (Wildman–Crippen LogP) is 1.33. The normalized spacial score (nSPS) is 19.5. The number of guanidine groups is 1. The molecule has 8 heteroatoms. The Labute approximate surface area is 186 Å². The van der Waals surface area contributed by atoms with Crippen LogP contribution in [0.1, 0.15) is 19.8 Å². The van der Waals surface area contributed by atoms with Gasteiger partial charge in [-0.15, -0.1) is 0 Å². The molecule has 2 heterocycles. The molecule has 1 aromatic carbocycles. The maximum absolute atomic E-state index is 12.6. The Bertz CT molecular complexity index is 671. The number of nitrogens with zero attached hydrogens (tertiary/aromatic N) is 3. The first-order chi connectivity index (χ1) is 15.3. The van der Waals surface area contributed by atoms with Crippen LogP contribution in [0, 0.1) is 5.92 Å². The number of hydrogen-bond donors (Lipinski definition) is 2. The van der Waals surface area contributed by atoms with Crippen molar-refractivity contribution in [3.8, 4) is 0 Å². The summed E-state index contributed by atoms with van der Waals surface area (Å²) in [5.74, 6) is 1.31. The molecule has 2 saturated heterocycles. The number of nitrogens with one attached hydrogen (secondary N) is 2. The van der Waals surface area contributed by atoms with E-state index in [4.69, 9.17) is 9.47 Å². The number of anilines is 1. The number of carbonyl (C=O) groups is 1. The van der Waals surface area contributed by atoms with Crippen molar-refractivity contribution in [2.75, 3.05) is 77.1 Å². The van der Waals surface area contributed by atoms with Crippen molar-refractivity contribution in [3.63, 3.8) is 0 Å². The van der Waals surface area contributed by atoms with Gasteiger partial charge in [-0.05, 0) is 31.9 Å². The number of piperazine rings is 1. The Morgan fingerprint density at radius 3 is 2.71 bits per heavy atom. The highest BCUT2D eigenvalue weighted by atomic mass is 16.5. The van der Waals surface area contributed by atoms with Crippen LogP contribution in [0.15, 0.2) is 35.3 Å². The number of amides is 1. The third-order valence-corrected chi connectivity index (χ3v) is 5.61. The van der Waals surface area contributed by atoms with E-state index in [1.165, 1.54) is 5.69 Å². The first-order valence-electron chi connectivity index (χ1n) is 11.5. The molecule has 0 aromatic heterocycles. The van der Waals surface area contributed by atoms with Gasteiger partial charge in [0.25, 0.3) is 0 Å². The average Bonchev–Trinajstić information content (AvgIpc) is 3.33. The number of rotatable bonds is 10. The number of aliphatic imine (C=N–C) groups is 1. The first kappa shape index (κ1) is 23.3. The minimum atomic E-state index is 0.0760. The summed E-state index contributed by atoms with van der Waals surface area (Å²) < 4.78 is 11.1. The Kier molecular flexibility index (Phi) is 9.92. The fourth-order valence-electron chi connectivity index (χ4n) is 3.79. The summed E-state index contributed by atoms with van der Waals surface area (Å²) in [5.41, 5.74) is 1.21. The van der Waals surface area contributed by atoms with Crippen LogP contribution in [0.4, 0.5) is 5.69 Å². The van der Waals surface area contributed by atoms with E-state index in [0.717, 1.165) is 71.9 Å². The van der Waals surface area contributed by atoms with Crippen molar-refractivity contribution in [1.82, 2.24) is 15.5 Å². The number of hydrogen-bond acceptors (Lipinski definition) is 5. The summed E-state index contributed by atoms with van der Waals surface area (Å²) >= 11 is 0. The largest absolute Gasteiger partial charge is 0.381 e. The van der Waals surface area contributed by atoms with Crippen molar-refractivity contribution >= 4 is 17.6 Å². The molecule has 0 aliphatic carbocycles. The molecule has 0 radical (unpaired) electrons. The van der Waals surface area contributed by atoms with Crippen molar-refractivity contribution < 1.29 is 14.3 Å². The van der Waals surface area contributed by atoms with Gasteiger partial charge < -0.3 is 29.9 Å². The van der Waals surface area contributed by atoms with Gasteiger partial charge in [-0.2, -0.15) is 0 Å². The Hall–Kier alpha value is -2.32. The van der Waals surface area contributed by atoms with E-state index in [-0.39, 0.29) is 12.5 Å². The number of carbonyl (C=O) groups excluding carboxylic acids is 1. The van der Waals surface area contributed by atoms with E-state index >= 15 is 0 Å². The highest BCUT2D eigenvalue weighted by Gasteiger charge is 2.21. The number of para-hydroxylation sites is 1. The van der Waals surface area contributed by atoms with Crippen molar-refractivity contribution in [3.05, 3.63) is 30.3 Å². The van der Waals surface area contributed by atoms with E-state index in [2.05, 4.69) is 32.7 Å². The molecule has 2 aliphatic heterocycles. The minimum Gasteiger partial charge on any atom is -0.381 e. The SMILES string of the molecule is CCNC(=NCC(=O)N1CCN(c2ccccc2)CC1)NCCCOCC1CCOC1. The van der Waals surface area contributed by atoms with Crippen LogP contribution in [0.3, 0.4) is 0 Å². The van der Waals surface area contributed by atoms with Crippen LogP contribution in [-0.2, 0) is 14.3 Å². The van der Waals surface area contributed by atoms with Gasteiger partial charge in [0.2, 0.25) is 5.91 Å². The summed E-state index contributed by atoms with van der Waals surface area (Å²) in [6.45, 7) is 10.1. The molecule has 31 heavy (non-hydrogen) atoms. The molecular formula is C23H37N5O3. The second-order valence-electron chi connectivity index (χ2n) is 7.98. The molecule has 8 nitrogen and oxygen atoms in total. The summed E-state index contributed by atoms with van der Waals surface area (Å²) in [6.07, 6.45) is 2.00. The molecule has 0 saturated carbocycles. The van der Waals surface area contributed by atoms with E-state index in [1.807, 2.05) is 30.0 Å². The molecule has 172 valence electrons. The van der Waals surface area contributed by atoms with E-state index in [9.17, 15) is 4.79 Å². The second kappa shape index (κ2) is 13.2. The van der Waals surface area contributed by atoms with Crippen molar-refractivity contribution in [2.24, 2.45) is 10.9 Å². The van der Waals surface area contributed by atoms with Crippen LogP contribution in [-0.4, -0.2) is 89.0 Å². The maximum atomic E-state index is 12.6. The molecule has 1 unspecified atom stereocenters. The highest BCUT2D eigenvalue weighted by molar-refractivity contribution is 5.85. The monoisotopic (exact) mass is 431 g/mol. The first-order valence-corrected chi connectivity index (χ1v) is 11.5. The van der Waals surface area contributed by atoms with Gasteiger partial charge in [-0.25, -0.2) is 4.99 Å². The molecule has 2 N–H and O–H groups in total. The van der Waals surface area contributed by atoms with Gasteiger partial charge in [0.15, 0.2) is 5.96 Å². The highest BCUT2D eigenvalue weighted by Crippen LogP contribution is 2.15. The Morgan fingerprint density at radius 2 is 2.00 bits per heavy atom. The van der Waals surface area contributed by atoms with E-state index < -0.39 is 0 Å². The fourth-order valence-corrected chi connectivity index (χ4v) is 3.79. The topological polar surface area (TPSA) is 78.4 Å². The Morgan fingerprint density at radius 1 is 1.19 bits per heavy atom. The molecule has 1 atom stereocenters. The molecule has 2 fully saturated rings. The lowest BCUT2D eigenvalue weighted by atomic mass is 10.1. The van der Waals surface area contributed by atoms with Crippen LogP contribution >= 0.6 is 0 Å². The van der Waals surface area contributed by atoms with Crippen LogP contribution in [0.2, 0.25) is 0 Å². The van der Waals surface area contributed by atoms with Crippen LogP contribution in [0.25, 0.3) is 0 Å². The van der Waals surface area contributed by atoms with Gasteiger partial charge in [0.1, 0.15) is 6.54 Å². The third kappa shape index (κ3) is 8.03. The fraction of sp³-hybridized carbons (Fsp3) is 0.652. The smallest absolute Gasteiger partial charge is 0.244 e. The summed E-state index contributed by atoms with van der Waals surface area (Å²) in [6, 6.07) is 10.4. The summed E-state index contributed by atoms with van der Waals surface area (Å²) in [4.78, 5) is 21.3. The molecule has 1 amide bonds. The number of benzene rings is 1. The lowest BCUT2D eigenvalue weighted by Crippen LogP contribution is -2.49. The van der Waals surface area contributed by atoms with Crippen LogP contribution < -0.4 is 15.5 Å². The van der Waals surface area contributed by atoms with Crippen LogP contribution in [0.5, 0.6) is 0 Å². The van der Waals surface area contributed by atoms with Gasteiger partial charge in [0, 0.05) is 64.1 Å². The molecule has 2 aliphatic rings. The quantitative estimate of drug-likeness (QED) is 0.331. The lowest BCUT2D eigenvalue weighted by Gasteiger charge is -2.36. The molecule has 3 rings (SSSR count). The summed E-state index contributed by atoms with van der Waals surface area (Å²) in [7, 11) is 0. The van der Waals surface area contributed by atoms with E-state index in [1.54, 1.807) is 0 Å². The summed E-state index contributed by atoms with van der Waals surface area (Å²) in [5, 5.41) is 6.50. The maximum Gasteiger partial charge on any atom is 0.244 e. The second-order valence-corrected chi connectivity index (χ2v) is 7.98.